The number of halogens is 3. The number of nitrogens with one attached hydrogen (secondary N) is 2. The molecule has 6 heteroatoms. The van der Waals surface area contributed by atoms with E-state index in [4.69, 9.17) is 0 Å². The zero-order chi connectivity index (χ0) is 14.8. The number of alkyl halides is 3. The zero-order valence-corrected chi connectivity index (χ0v) is 11.9. The molecule has 2 N–H and O–H groups in total. The topological polar surface area (TPSA) is 41.1 Å². The third-order valence-corrected chi connectivity index (χ3v) is 4.88. The van der Waals surface area contributed by atoms with E-state index in [2.05, 4.69) is 10.6 Å². The minimum Gasteiger partial charge on any atom is -0.352 e. The van der Waals surface area contributed by atoms with E-state index in [0.29, 0.717) is 5.92 Å². The molecule has 1 saturated carbocycles. The fraction of sp³-hybridized carbons (Fsp3) is 0.929. The van der Waals surface area contributed by atoms with Crippen LogP contribution in [0.25, 0.3) is 0 Å². The van der Waals surface area contributed by atoms with Gasteiger partial charge in [-0.15, -0.1) is 0 Å². The van der Waals surface area contributed by atoms with Crippen LogP contribution in [0.15, 0.2) is 0 Å². The van der Waals surface area contributed by atoms with Crippen LogP contribution in [0.1, 0.15) is 45.4 Å². The Bertz CT molecular complexity index is 351. The second-order valence-corrected chi connectivity index (χ2v) is 6.04. The lowest BCUT2D eigenvalue weighted by atomic mass is 9.80. The Balaban J connectivity index is 2.09. The maximum atomic E-state index is 13.3. The average Bonchev–Trinajstić information content (AvgIpc) is 2.89. The molecule has 20 heavy (non-hydrogen) atoms. The van der Waals surface area contributed by atoms with Crippen molar-refractivity contribution in [1.29, 1.82) is 0 Å². The number of carbonyl (C=O) groups is 1. The van der Waals surface area contributed by atoms with Crippen LogP contribution < -0.4 is 10.6 Å². The lowest BCUT2D eigenvalue weighted by molar-refractivity contribution is -0.216. The van der Waals surface area contributed by atoms with E-state index in [-0.39, 0.29) is 25.6 Å². The first kappa shape index (κ1) is 15.6. The molecule has 0 aromatic carbocycles. The Hall–Kier alpha value is -0.780. The van der Waals surface area contributed by atoms with Crippen LogP contribution in [0.4, 0.5) is 13.2 Å². The maximum Gasteiger partial charge on any atom is 0.404 e. The van der Waals surface area contributed by atoms with Gasteiger partial charge in [0, 0.05) is 12.6 Å². The third-order valence-electron chi connectivity index (χ3n) is 4.88. The van der Waals surface area contributed by atoms with Gasteiger partial charge in [0.05, 0.1) is 0 Å². The molecule has 2 aliphatic rings. The van der Waals surface area contributed by atoms with Crippen LogP contribution in [0.3, 0.4) is 0 Å². The largest absolute Gasteiger partial charge is 0.404 e. The number of hydrogen-bond donors (Lipinski definition) is 2. The minimum absolute atomic E-state index is 0.0962. The van der Waals surface area contributed by atoms with E-state index >= 15 is 0 Å². The number of rotatable bonds is 3. The molecule has 2 rings (SSSR count). The third kappa shape index (κ3) is 2.80. The fourth-order valence-electron chi connectivity index (χ4n) is 3.45. The van der Waals surface area contributed by atoms with Gasteiger partial charge in [-0.3, -0.25) is 4.79 Å². The Kier molecular flexibility index (Phi) is 4.62. The highest BCUT2D eigenvalue weighted by molar-refractivity contribution is 5.84. The van der Waals surface area contributed by atoms with E-state index in [1.165, 1.54) is 0 Å². The van der Waals surface area contributed by atoms with Gasteiger partial charge in [-0.2, -0.15) is 13.2 Å². The molecule has 0 spiro atoms. The predicted molar refractivity (Wildman–Crippen MR) is 70.2 cm³/mol. The zero-order valence-electron chi connectivity index (χ0n) is 11.9. The lowest BCUT2D eigenvalue weighted by Gasteiger charge is -2.36. The van der Waals surface area contributed by atoms with Crippen molar-refractivity contribution in [2.24, 2.45) is 11.3 Å². The van der Waals surface area contributed by atoms with E-state index in [1.807, 2.05) is 6.92 Å². The average molecular weight is 292 g/mol. The summed E-state index contributed by atoms with van der Waals surface area (Å²) in [5.74, 6) is -0.521. The molecule has 3 unspecified atom stereocenters. The van der Waals surface area contributed by atoms with Gasteiger partial charge >= 0.3 is 6.18 Å². The van der Waals surface area contributed by atoms with Gasteiger partial charge in [0.1, 0.15) is 0 Å². The van der Waals surface area contributed by atoms with E-state index in [9.17, 15) is 18.0 Å². The van der Waals surface area contributed by atoms with E-state index in [1.54, 1.807) is 0 Å². The molecule has 3 nitrogen and oxygen atoms in total. The van der Waals surface area contributed by atoms with Gasteiger partial charge in [0.15, 0.2) is 5.41 Å². The normalized spacial score (nSPS) is 35.0. The molecule has 0 aromatic rings. The summed E-state index contributed by atoms with van der Waals surface area (Å²) in [5, 5.41) is 5.39. The molecule has 3 atom stereocenters. The molecular weight excluding hydrogens is 269 g/mol. The quantitative estimate of drug-likeness (QED) is 0.839. The first-order valence-electron chi connectivity index (χ1n) is 7.49. The summed E-state index contributed by atoms with van der Waals surface area (Å²) in [6, 6.07) is -0.0962. The van der Waals surface area contributed by atoms with Crippen LogP contribution in [0.5, 0.6) is 0 Å². The summed E-state index contributed by atoms with van der Waals surface area (Å²) in [6.07, 6.45) is 0.144. The molecule has 116 valence electrons. The molecule has 1 saturated heterocycles. The molecular formula is C14H23F3N2O. The second-order valence-electron chi connectivity index (χ2n) is 6.04. The maximum absolute atomic E-state index is 13.3. The van der Waals surface area contributed by atoms with Crippen molar-refractivity contribution in [3.63, 3.8) is 0 Å². The van der Waals surface area contributed by atoms with Gasteiger partial charge in [-0.25, -0.2) is 0 Å². The van der Waals surface area contributed by atoms with E-state index in [0.717, 1.165) is 32.1 Å². The number of amides is 1. The summed E-state index contributed by atoms with van der Waals surface area (Å²) in [6.45, 7) is 1.98. The van der Waals surface area contributed by atoms with Crippen molar-refractivity contribution in [3.8, 4) is 0 Å². The Morgan fingerprint density at radius 2 is 2.05 bits per heavy atom. The number of hydrogen-bond acceptors (Lipinski definition) is 2. The summed E-state index contributed by atoms with van der Waals surface area (Å²) in [5.41, 5.74) is -2.23. The predicted octanol–water partition coefficient (Wildman–Crippen LogP) is 2.61. The number of carbonyl (C=O) groups excluding carboxylic acids is 1. The smallest absolute Gasteiger partial charge is 0.352 e. The van der Waals surface area contributed by atoms with Crippen molar-refractivity contribution in [2.75, 3.05) is 13.1 Å². The summed E-state index contributed by atoms with van der Waals surface area (Å²) in [4.78, 5) is 12.3. The molecule has 0 bridgehead atoms. The van der Waals surface area contributed by atoms with Crippen LogP contribution in [0.2, 0.25) is 0 Å². The molecule has 1 heterocycles. The van der Waals surface area contributed by atoms with Gasteiger partial charge < -0.3 is 10.6 Å². The summed E-state index contributed by atoms with van der Waals surface area (Å²) >= 11 is 0. The standard InChI is InChI=1S/C14H23F3N2O/c1-2-10-5-3-4-6-11(10)19-12(20)13(14(15,16)17)7-8-18-9-13/h10-11,18H,2-9H2,1H3,(H,19,20). The Labute approximate surface area is 117 Å². The van der Waals surface area contributed by atoms with Crippen molar-refractivity contribution < 1.29 is 18.0 Å². The van der Waals surface area contributed by atoms with Crippen LogP contribution in [-0.4, -0.2) is 31.2 Å². The van der Waals surface area contributed by atoms with Crippen LogP contribution in [-0.2, 0) is 4.79 Å². The Morgan fingerprint density at radius 1 is 1.35 bits per heavy atom. The molecule has 0 aromatic heterocycles. The molecule has 1 aliphatic carbocycles. The van der Waals surface area contributed by atoms with E-state index < -0.39 is 17.5 Å². The first-order valence-corrected chi connectivity index (χ1v) is 7.49. The van der Waals surface area contributed by atoms with Crippen molar-refractivity contribution in [2.45, 2.75) is 57.7 Å². The summed E-state index contributed by atoms with van der Waals surface area (Å²) in [7, 11) is 0. The van der Waals surface area contributed by atoms with Crippen LogP contribution >= 0.6 is 0 Å². The van der Waals surface area contributed by atoms with Crippen LogP contribution in [0, 0.1) is 11.3 Å². The van der Waals surface area contributed by atoms with Crippen molar-refractivity contribution in [1.82, 2.24) is 10.6 Å². The van der Waals surface area contributed by atoms with Gasteiger partial charge in [0.2, 0.25) is 5.91 Å². The Morgan fingerprint density at radius 3 is 2.60 bits per heavy atom. The molecule has 1 aliphatic heterocycles. The van der Waals surface area contributed by atoms with Gasteiger partial charge in [0.25, 0.3) is 0 Å². The lowest BCUT2D eigenvalue weighted by Crippen LogP contribution is -2.55. The first-order chi connectivity index (χ1) is 9.40. The highest BCUT2D eigenvalue weighted by atomic mass is 19.4. The second kappa shape index (κ2) is 5.92. The molecule has 1 amide bonds. The SMILES string of the molecule is CCC1CCCCC1NC(=O)C1(C(F)(F)F)CCNC1. The van der Waals surface area contributed by atoms with Crippen molar-refractivity contribution in [3.05, 3.63) is 0 Å². The highest BCUT2D eigenvalue weighted by Gasteiger charge is 2.61. The molecule has 0 radical (unpaired) electrons. The minimum atomic E-state index is -4.49. The van der Waals surface area contributed by atoms with Gasteiger partial charge in [-0.05, 0) is 31.7 Å². The fourth-order valence-corrected chi connectivity index (χ4v) is 3.45. The van der Waals surface area contributed by atoms with Crippen molar-refractivity contribution >= 4 is 5.91 Å². The van der Waals surface area contributed by atoms with Gasteiger partial charge in [-0.1, -0.05) is 26.2 Å². The molecule has 2 fully saturated rings. The monoisotopic (exact) mass is 292 g/mol. The highest BCUT2D eigenvalue weighted by Crippen LogP contribution is 2.43. The summed E-state index contributed by atoms with van der Waals surface area (Å²) < 4.78 is 39.9.